The summed E-state index contributed by atoms with van der Waals surface area (Å²) in [5.74, 6) is 0.299. The molecule has 3 N–H and O–H groups in total. The fraction of sp³-hybridized carbons (Fsp3) is 0.188. The van der Waals surface area contributed by atoms with Crippen molar-refractivity contribution in [3.8, 4) is 5.75 Å². The molecular weight excluding hydrogens is 288 g/mol. The Kier molecular flexibility index (Phi) is 5.20. The number of carbonyl (C=O) groups is 1. The number of nitrogens with one attached hydrogen (secondary N) is 1. The summed E-state index contributed by atoms with van der Waals surface area (Å²) >= 11 is 5.91. The smallest absolute Gasteiger partial charge is 0.262 e. The van der Waals surface area contributed by atoms with Crippen molar-refractivity contribution in [1.82, 2.24) is 0 Å². The lowest BCUT2D eigenvalue weighted by Gasteiger charge is -2.11. The Labute approximate surface area is 128 Å². The maximum absolute atomic E-state index is 11.9. The van der Waals surface area contributed by atoms with Gasteiger partial charge in [0.25, 0.3) is 5.91 Å². The maximum atomic E-state index is 11.9. The molecule has 0 saturated heterocycles. The Morgan fingerprint density at radius 3 is 2.81 bits per heavy atom. The summed E-state index contributed by atoms with van der Waals surface area (Å²) in [6.07, 6.45) is 0. The van der Waals surface area contributed by atoms with Gasteiger partial charge >= 0.3 is 0 Å². The van der Waals surface area contributed by atoms with Crippen molar-refractivity contribution in [1.29, 1.82) is 0 Å². The third-order valence-electron chi connectivity index (χ3n) is 2.91. The number of carbonyl (C=O) groups excluding carboxylic acids is 1. The van der Waals surface area contributed by atoms with Crippen LogP contribution in [0.5, 0.6) is 5.75 Å². The van der Waals surface area contributed by atoms with Crippen molar-refractivity contribution in [3.63, 3.8) is 0 Å². The average molecular weight is 305 g/mol. The van der Waals surface area contributed by atoms with Gasteiger partial charge in [0, 0.05) is 22.8 Å². The van der Waals surface area contributed by atoms with Crippen LogP contribution in [-0.4, -0.2) is 12.5 Å². The van der Waals surface area contributed by atoms with Crippen LogP contribution in [0.4, 0.5) is 5.69 Å². The number of halogens is 1. The van der Waals surface area contributed by atoms with Crippen LogP contribution in [-0.2, 0) is 11.3 Å². The molecule has 110 valence electrons. The van der Waals surface area contributed by atoms with Gasteiger partial charge in [-0.15, -0.1) is 0 Å². The number of hydrogen-bond acceptors (Lipinski definition) is 3. The van der Waals surface area contributed by atoms with Crippen LogP contribution in [0, 0.1) is 6.92 Å². The molecule has 1 amide bonds. The minimum atomic E-state index is -0.233. The lowest BCUT2D eigenvalue weighted by Crippen LogP contribution is -2.20. The van der Waals surface area contributed by atoms with Crippen molar-refractivity contribution in [3.05, 3.63) is 58.6 Å². The average Bonchev–Trinajstić information content (AvgIpc) is 2.45. The Hall–Kier alpha value is -2.04. The van der Waals surface area contributed by atoms with Gasteiger partial charge in [-0.05, 0) is 36.8 Å². The first-order valence-corrected chi connectivity index (χ1v) is 6.94. The molecule has 0 atom stereocenters. The SMILES string of the molecule is Cc1cccc(NC(=O)COc2cc(Cl)ccc2CN)c1. The molecule has 0 aliphatic carbocycles. The molecule has 2 aromatic rings. The highest BCUT2D eigenvalue weighted by Gasteiger charge is 2.07. The van der Waals surface area contributed by atoms with E-state index in [0.717, 1.165) is 16.8 Å². The Morgan fingerprint density at radius 2 is 2.10 bits per heavy atom. The molecular formula is C16H17ClN2O2. The van der Waals surface area contributed by atoms with Gasteiger partial charge in [0.15, 0.2) is 6.61 Å². The van der Waals surface area contributed by atoms with Crippen molar-refractivity contribution >= 4 is 23.2 Å². The largest absolute Gasteiger partial charge is 0.483 e. The van der Waals surface area contributed by atoms with E-state index in [1.165, 1.54) is 0 Å². The molecule has 0 heterocycles. The summed E-state index contributed by atoms with van der Waals surface area (Å²) in [6.45, 7) is 2.19. The van der Waals surface area contributed by atoms with Gasteiger partial charge in [-0.2, -0.15) is 0 Å². The van der Waals surface area contributed by atoms with Crippen LogP contribution < -0.4 is 15.8 Å². The predicted molar refractivity (Wildman–Crippen MR) is 84.6 cm³/mol. The highest BCUT2D eigenvalue weighted by atomic mass is 35.5. The minimum Gasteiger partial charge on any atom is -0.483 e. The predicted octanol–water partition coefficient (Wildman–Crippen LogP) is 3.12. The zero-order valence-corrected chi connectivity index (χ0v) is 12.5. The molecule has 4 nitrogen and oxygen atoms in total. The summed E-state index contributed by atoms with van der Waals surface area (Å²) in [5, 5.41) is 3.32. The van der Waals surface area contributed by atoms with E-state index in [-0.39, 0.29) is 12.5 Å². The van der Waals surface area contributed by atoms with Crippen LogP contribution in [0.15, 0.2) is 42.5 Å². The molecule has 2 rings (SSSR count). The lowest BCUT2D eigenvalue weighted by molar-refractivity contribution is -0.118. The molecule has 5 heteroatoms. The molecule has 0 saturated carbocycles. The third-order valence-corrected chi connectivity index (χ3v) is 3.14. The second-order valence-electron chi connectivity index (χ2n) is 4.66. The van der Waals surface area contributed by atoms with Gasteiger partial charge in [0.05, 0.1) is 0 Å². The van der Waals surface area contributed by atoms with E-state index < -0.39 is 0 Å². The molecule has 0 spiro atoms. The number of aryl methyl sites for hydroxylation is 1. The van der Waals surface area contributed by atoms with E-state index in [0.29, 0.717) is 17.3 Å². The first-order valence-electron chi connectivity index (χ1n) is 6.56. The first kappa shape index (κ1) is 15.4. The number of ether oxygens (including phenoxy) is 1. The highest BCUT2D eigenvalue weighted by Crippen LogP contribution is 2.23. The van der Waals surface area contributed by atoms with Crippen LogP contribution in [0.2, 0.25) is 5.02 Å². The molecule has 0 aliphatic rings. The third kappa shape index (κ3) is 4.48. The Bertz CT molecular complexity index is 644. The van der Waals surface area contributed by atoms with Crippen LogP contribution >= 0.6 is 11.6 Å². The molecule has 0 fully saturated rings. The molecule has 0 aliphatic heterocycles. The highest BCUT2D eigenvalue weighted by molar-refractivity contribution is 6.30. The number of anilines is 1. The molecule has 21 heavy (non-hydrogen) atoms. The number of rotatable bonds is 5. The van der Waals surface area contributed by atoms with Gasteiger partial charge in [-0.3, -0.25) is 4.79 Å². The van der Waals surface area contributed by atoms with Crippen LogP contribution in [0.3, 0.4) is 0 Å². The van der Waals surface area contributed by atoms with Crippen molar-refractivity contribution < 1.29 is 9.53 Å². The second kappa shape index (κ2) is 7.11. The standard InChI is InChI=1S/C16H17ClN2O2/c1-11-3-2-4-14(7-11)19-16(20)10-21-15-8-13(17)6-5-12(15)9-18/h2-8H,9-10,18H2,1H3,(H,19,20). The molecule has 0 unspecified atom stereocenters. The van der Waals surface area contributed by atoms with Crippen molar-refractivity contribution in [2.45, 2.75) is 13.5 Å². The Morgan fingerprint density at radius 1 is 1.29 bits per heavy atom. The summed E-state index contributed by atoms with van der Waals surface area (Å²) in [7, 11) is 0. The van der Waals surface area contributed by atoms with Crippen molar-refractivity contribution in [2.75, 3.05) is 11.9 Å². The van der Waals surface area contributed by atoms with E-state index >= 15 is 0 Å². The molecule has 2 aromatic carbocycles. The van der Waals surface area contributed by atoms with Crippen LogP contribution in [0.25, 0.3) is 0 Å². The van der Waals surface area contributed by atoms with Gasteiger partial charge in [0.2, 0.25) is 0 Å². The first-order chi connectivity index (χ1) is 10.1. The fourth-order valence-electron chi connectivity index (χ4n) is 1.89. The number of benzene rings is 2. The van der Waals surface area contributed by atoms with Gasteiger partial charge in [-0.1, -0.05) is 29.8 Å². The van der Waals surface area contributed by atoms with E-state index in [1.54, 1.807) is 18.2 Å². The normalized spacial score (nSPS) is 10.2. The summed E-state index contributed by atoms with van der Waals surface area (Å²) < 4.78 is 5.50. The lowest BCUT2D eigenvalue weighted by atomic mass is 10.2. The fourth-order valence-corrected chi connectivity index (χ4v) is 2.06. The number of hydrogen-bond donors (Lipinski definition) is 2. The van der Waals surface area contributed by atoms with Crippen LogP contribution in [0.1, 0.15) is 11.1 Å². The second-order valence-corrected chi connectivity index (χ2v) is 5.10. The van der Waals surface area contributed by atoms with E-state index in [9.17, 15) is 4.79 Å². The number of nitrogens with two attached hydrogens (primary N) is 1. The minimum absolute atomic E-state index is 0.0959. The number of amides is 1. The van der Waals surface area contributed by atoms with E-state index in [1.807, 2.05) is 31.2 Å². The summed E-state index contributed by atoms with van der Waals surface area (Å²) in [6, 6.07) is 12.8. The van der Waals surface area contributed by atoms with E-state index in [4.69, 9.17) is 22.1 Å². The molecule has 0 bridgehead atoms. The zero-order chi connectivity index (χ0) is 15.2. The van der Waals surface area contributed by atoms with Gasteiger partial charge < -0.3 is 15.8 Å². The maximum Gasteiger partial charge on any atom is 0.262 e. The summed E-state index contributed by atoms with van der Waals surface area (Å²) in [5.41, 5.74) is 8.25. The van der Waals surface area contributed by atoms with Crippen molar-refractivity contribution in [2.24, 2.45) is 5.73 Å². The van der Waals surface area contributed by atoms with E-state index in [2.05, 4.69) is 5.32 Å². The van der Waals surface area contributed by atoms with Gasteiger partial charge in [0.1, 0.15) is 5.75 Å². The Balaban J connectivity index is 1.96. The summed E-state index contributed by atoms with van der Waals surface area (Å²) in [4.78, 5) is 11.9. The van der Waals surface area contributed by atoms with Gasteiger partial charge in [-0.25, -0.2) is 0 Å². The monoisotopic (exact) mass is 304 g/mol. The zero-order valence-electron chi connectivity index (χ0n) is 11.7. The topological polar surface area (TPSA) is 64.3 Å². The quantitative estimate of drug-likeness (QED) is 0.892. The molecule has 0 aromatic heterocycles. The molecule has 0 radical (unpaired) electrons.